The van der Waals surface area contributed by atoms with E-state index in [9.17, 15) is 18.0 Å². The third-order valence-corrected chi connectivity index (χ3v) is 7.36. The minimum atomic E-state index is -4.82. The number of halogens is 3. The van der Waals surface area contributed by atoms with E-state index < -0.39 is 6.36 Å². The number of alkyl halides is 3. The van der Waals surface area contributed by atoms with Gasteiger partial charge in [-0.3, -0.25) is 9.89 Å². The molecule has 0 atom stereocenters. The average Bonchev–Trinajstić information content (AvgIpc) is 3.32. The number of piperidine rings is 1. The number of hydrogen-bond donors (Lipinski definition) is 2. The van der Waals surface area contributed by atoms with Gasteiger partial charge in [0.25, 0.3) is 5.91 Å². The van der Waals surface area contributed by atoms with E-state index in [1.165, 1.54) is 12.1 Å². The Bertz CT molecular complexity index is 1600. The second kappa shape index (κ2) is 9.79. The highest BCUT2D eigenvalue weighted by Crippen LogP contribution is 2.38. The average molecular weight is 531 g/mol. The van der Waals surface area contributed by atoms with Crippen molar-refractivity contribution < 1.29 is 22.7 Å². The van der Waals surface area contributed by atoms with Gasteiger partial charge in [0.2, 0.25) is 0 Å². The van der Waals surface area contributed by atoms with Crippen molar-refractivity contribution in [3.63, 3.8) is 0 Å². The van der Waals surface area contributed by atoms with Gasteiger partial charge in [0, 0.05) is 52.7 Å². The van der Waals surface area contributed by atoms with Gasteiger partial charge in [0.15, 0.2) is 0 Å². The third kappa shape index (κ3) is 5.08. The van der Waals surface area contributed by atoms with Gasteiger partial charge in [-0.05, 0) is 55.6 Å². The molecule has 0 saturated carbocycles. The smallest absolute Gasteiger partial charge is 0.405 e. The Hall–Kier alpha value is -4.29. The molecule has 39 heavy (non-hydrogen) atoms. The molecule has 2 N–H and O–H groups in total. The molecule has 2 saturated heterocycles. The van der Waals surface area contributed by atoms with Crippen LogP contribution in [0.2, 0.25) is 0 Å². The van der Waals surface area contributed by atoms with E-state index in [4.69, 9.17) is 0 Å². The van der Waals surface area contributed by atoms with Crippen LogP contribution in [-0.4, -0.2) is 53.5 Å². The van der Waals surface area contributed by atoms with Gasteiger partial charge in [0.1, 0.15) is 11.4 Å². The van der Waals surface area contributed by atoms with Gasteiger partial charge in [-0.25, -0.2) is 0 Å². The monoisotopic (exact) mass is 530 g/mol. The number of likely N-dealkylation sites (tertiary alicyclic amines) is 1. The molecule has 3 heterocycles. The van der Waals surface area contributed by atoms with Crippen LogP contribution in [0.15, 0.2) is 66.7 Å². The fourth-order valence-corrected chi connectivity index (χ4v) is 5.49. The summed E-state index contributed by atoms with van der Waals surface area (Å²) < 4.78 is 43.2. The van der Waals surface area contributed by atoms with Crippen molar-refractivity contribution in [1.29, 1.82) is 0 Å². The van der Waals surface area contributed by atoms with Crippen LogP contribution >= 0.6 is 0 Å². The molecule has 6 rings (SSSR count). The van der Waals surface area contributed by atoms with Crippen molar-refractivity contribution in [1.82, 2.24) is 20.4 Å². The lowest BCUT2D eigenvalue weighted by Gasteiger charge is -2.52. The highest BCUT2D eigenvalue weighted by molar-refractivity contribution is 5.99. The van der Waals surface area contributed by atoms with Gasteiger partial charge in [-0.2, -0.15) is 5.10 Å². The summed E-state index contributed by atoms with van der Waals surface area (Å²) in [5.41, 5.74) is 3.26. The van der Waals surface area contributed by atoms with Crippen molar-refractivity contribution in [3.05, 3.63) is 83.6 Å². The molecule has 1 amide bonds. The molecule has 9 heteroatoms. The zero-order valence-corrected chi connectivity index (χ0v) is 20.9. The zero-order valence-electron chi connectivity index (χ0n) is 20.9. The second-order valence-corrected chi connectivity index (χ2v) is 10.1. The number of ether oxygens (including phenoxy) is 1. The molecular formula is C30H25F3N4O2. The van der Waals surface area contributed by atoms with Crippen LogP contribution < -0.4 is 10.1 Å². The summed E-state index contributed by atoms with van der Waals surface area (Å²) >= 11 is 0. The highest BCUT2D eigenvalue weighted by Gasteiger charge is 2.45. The number of amides is 1. The number of H-pyrrole nitrogens is 1. The predicted octanol–water partition coefficient (Wildman–Crippen LogP) is 5.35. The van der Waals surface area contributed by atoms with E-state index in [1.807, 2.05) is 11.0 Å². The number of benzene rings is 3. The van der Waals surface area contributed by atoms with E-state index in [0.29, 0.717) is 27.8 Å². The molecule has 0 unspecified atom stereocenters. The Morgan fingerprint density at radius 1 is 1.00 bits per heavy atom. The maximum Gasteiger partial charge on any atom is 0.573 e. The largest absolute Gasteiger partial charge is 0.573 e. The van der Waals surface area contributed by atoms with E-state index in [2.05, 4.69) is 32.1 Å². The lowest BCUT2D eigenvalue weighted by Crippen LogP contribution is -2.63. The normalized spacial score (nSPS) is 16.4. The van der Waals surface area contributed by atoms with Gasteiger partial charge in [-0.15, -0.1) is 13.2 Å². The van der Waals surface area contributed by atoms with Gasteiger partial charge < -0.3 is 15.0 Å². The van der Waals surface area contributed by atoms with Crippen LogP contribution in [-0.2, 0) is 0 Å². The van der Waals surface area contributed by atoms with Crippen molar-refractivity contribution >= 4 is 16.8 Å². The first-order valence-corrected chi connectivity index (χ1v) is 12.7. The first-order valence-electron chi connectivity index (χ1n) is 12.7. The number of carbonyl (C=O) groups excluding carboxylic acids is 1. The van der Waals surface area contributed by atoms with Crippen LogP contribution in [0.3, 0.4) is 0 Å². The molecule has 198 valence electrons. The SMILES string of the molecule is O=C(c1ccc2[nH]nc(C#Cc3ccccc3-c3ccccc3OC(F)(F)F)c2c1)N1CC2(CCCNC2)C1. The van der Waals surface area contributed by atoms with Crippen LogP contribution in [0.25, 0.3) is 22.0 Å². The van der Waals surface area contributed by atoms with E-state index in [0.717, 1.165) is 44.5 Å². The Balaban J connectivity index is 1.28. The highest BCUT2D eigenvalue weighted by atomic mass is 19.4. The second-order valence-electron chi connectivity index (χ2n) is 10.1. The molecule has 2 fully saturated rings. The number of carbonyl (C=O) groups is 1. The molecule has 3 aromatic carbocycles. The number of para-hydroxylation sites is 1. The predicted molar refractivity (Wildman–Crippen MR) is 141 cm³/mol. The summed E-state index contributed by atoms with van der Waals surface area (Å²) in [7, 11) is 0. The quantitative estimate of drug-likeness (QED) is 0.350. The number of aromatic amines is 1. The van der Waals surface area contributed by atoms with Gasteiger partial charge in [-0.1, -0.05) is 42.3 Å². The fourth-order valence-electron chi connectivity index (χ4n) is 5.49. The van der Waals surface area contributed by atoms with Crippen LogP contribution in [0, 0.1) is 17.3 Å². The Kier molecular flexibility index (Phi) is 6.28. The number of fused-ring (bicyclic) bond motifs is 1. The van der Waals surface area contributed by atoms with Gasteiger partial charge in [0.05, 0.1) is 5.52 Å². The Morgan fingerprint density at radius 2 is 1.77 bits per heavy atom. The minimum absolute atomic E-state index is 0.0141. The summed E-state index contributed by atoms with van der Waals surface area (Å²) in [4.78, 5) is 15.1. The van der Waals surface area contributed by atoms with E-state index in [-0.39, 0.29) is 22.6 Å². The molecule has 2 aliphatic heterocycles. The molecule has 1 spiro atoms. The zero-order chi connectivity index (χ0) is 27.0. The van der Waals surface area contributed by atoms with Crippen molar-refractivity contribution in [3.8, 4) is 28.7 Å². The van der Waals surface area contributed by atoms with Crippen molar-refractivity contribution in [2.24, 2.45) is 5.41 Å². The molecule has 0 radical (unpaired) electrons. The first kappa shape index (κ1) is 25.0. The summed E-state index contributed by atoms with van der Waals surface area (Å²) in [6, 6.07) is 18.3. The summed E-state index contributed by atoms with van der Waals surface area (Å²) in [5.74, 6) is 5.79. The minimum Gasteiger partial charge on any atom is -0.405 e. The van der Waals surface area contributed by atoms with E-state index in [1.54, 1.807) is 48.5 Å². The van der Waals surface area contributed by atoms with Crippen molar-refractivity contribution in [2.75, 3.05) is 26.2 Å². The number of nitrogens with zero attached hydrogens (tertiary/aromatic N) is 2. The number of nitrogens with one attached hydrogen (secondary N) is 2. The molecule has 6 nitrogen and oxygen atoms in total. The molecule has 0 bridgehead atoms. The Labute approximate surface area is 223 Å². The maximum atomic E-state index is 13.2. The molecular weight excluding hydrogens is 505 g/mol. The fraction of sp³-hybridized carbons (Fsp3) is 0.267. The van der Waals surface area contributed by atoms with Crippen molar-refractivity contribution in [2.45, 2.75) is 19.2 Å². The van der Waals surface area contributed by atoms with Gasteiger partial charge >= 0.3 is 6.36 Å². The summed E-state index contributed by atoms with van der Waals surface area (Å²) in [5, 5.41) is 11.4. The maximum absolute atomic E-state index is 13.2. The topological polar surface area (TPSA) is 70.2 Å². The Morgan fingerprint density at radius 3 is 2.54 bits per heavy atom. The summed E-state index contributed by atoms with van der Waals surface area (Å²) in [6.07, 6.45) is -2.54. The lowest BCUT2D eigenvalue weighted by atomic mass is 9.74. The van der Waals surface area contributed by atoms with E-state index >= 15 is 0 Å². The van der Waals surface area contributed by atoms with Crippen LogP contribution in [0.5, 0.6) is 5.75 Å². The van der Waals surface area contributed by atoms with Crippen LogP contribution in [0.4, 0.5) is 13.2 Å². The molecule has 0 aliphatic carbocycles. The number of hydrogen-bond acceptors (Lipinski definition) is 4. The van der Waals surface area contributed by atoms with Crippen LogP contribution in [0.1, 0.15) is 34.5 Å². The molecule has 1 aromatic heterocycles. The number of aromatic nitrogens is 2. The third-order valence-electron chi connectivity index (χ3n) is 7.36. The lowest BCUT2D eigenvalue weighted by molar-refractivity contribution is -0.274. The number of rotatable bonds is 3. The molecule has 2 aliphatic rings. The molecule has 4 aromatic rings. The first-order chi connectivity index (χ1) is 18.8. The summed E-state index contributed by atoms with van der Waals surface area (Å²) in [6.45, 7) is 3.50. The standard InChI is InChI=1S/C30H25F3N4O2/c31-30(32,33)39-27-9-4-3-8-23(27)22-7-2-1-6-20(22)10-12-25-24-16-21(11-13-26(24)36-35-25)28(38)37-18-29(19-37)14-5-15-34-17-29/h1-4,6-9,11,13,16,34H,5,14-15,17-19H2,(H,35,36).